The number of carbonyl (C=O) groups excluding carboxylic acids is 1. The zero-order valence-corrected chi connectivity index (χ0v) is 12.5. The van der Waals surface area contributed by atoms with E-state index in [0.29, 0.717) is 5.02 Å². The molecule has 114 valence electrons. The summed E-state index contributed by atoms with van der Waals surface area (Å²) in [6, 6.07) is 16.3. The summed E-state index contributed by atoms with van der Waals surface area (Å²) in [4.78, 5) is 22.4. The number of benzene rings is 2. The van der Waals surface area contributed by atoms with Crippen LogP contribution in [0.25, 0.3) is 0 Å². The molecule has 0 aliphatic carbocycles. The topological polar surface area (TPSA) is 63.6 Å². The second kappa shape index (κ2) is 7.61. The van der Waals surface area contributed by atoms with Crippen LogP contribution in [0.15, 0.2) is 54.6 Å². The van der Waals surface area contributed by atoms with Crippen molar-refractivity contribution >= 4 is 23.5 Å². The lowest BCUT2D eigenvalue weighted by molar-refractivity contribution is -0.150. The molecule has 2 rings (SSSR count). The average Bonchev–Trinajstić information content (AvgIpc) is 2.52. The molecule has 0 amide bonds. The molecule has 0 heterocycles. The number of carboxylic acid groups (broad SMARTS) is 1. The maximum Gasteiger partial charge on any atom is 0.307 e. The maximum absolute atomic E-state index is 11.9. The fraction of sp³-hybridized carbons (Fsp3) is 0.176. The molecule has 4 nitrogen and oxygen atoms in total. The Kier molecular flexibility index (Phi) is 5.55. The van der Waals surface area contributed by atoms with Crippen LogP contribution in [0.1, 0.15) is 30.1 Å². The molecule has 0 aromatic heterocycles. The van der Waals surface area contributed by atoms with Gasteiger partial charge in [0.25, 0.3) is 0 Å². The number of carbonyl (C=O) groups is 2. The number of ether oxygens (including phenoxy) is 1. The van der Waals surface area contributed by atoms with Gasteiger partial charge >= 0.3 is 11.9 Å². The molecular weight excluding hydrogens is 304 g/mol. The molecule has 22 heavy (non-hydrogen) atoms. The van der Waals surface area contributed by atoms with Crippen LogP contribution >= 0.6 is 11.6 Å². The minimum absolute atomic E-state index is 0.160. The highest BCUT2D eigenvalue weighted by Crippen LogP contribution is 2.27. The number of rotatable bonds is 6. The molecule has 0 aliphatic heterocycles. The fourth-order valence-corrected chi connectivity index (χ4v) is 2.12. The van der Waals surface area contributed by atoms with E-state index in [-0.39, 0.29) is 12.8 Å². The van der Waals surface area contributed by atoms with Gasteiger partial charge < -0.3 is 9.84 Å². The summed E-state index contributed by atoms with van der Waals surface area (Å²) in [5.74, 6) is -1.58. The normalized spacial score (nSPS) is 11.7. The molecule has 1 unspecified atom stereocenters. The molecule has 0 spiro atoms. The fourth-order valence-electron chi connectivity index (χ4n) is 1.99. The summed E-state index contributed by atoms with van der Waals surface area (Å²) in [6.07, 6.45) is -0.993. The van der Waals surface area contributed by atoms with Crippen molar-refractivity contribution in [3.05, 3.63) is 70.7 Å². The van der Waals surface area contributed by atoms with E-state index in [2.05, 4.69) is 0 Å². The van der Waals surface area contributed by atoms with Gasteiger partial charge in [0.2, 0.25) is 0 Å². The number of hydrogen-bond donors (Lipinski definition) is 1. The first-order valence-corrected chi connectivity index (χ1v) is 7.16. The SMILES string of the molecule is O=C(O)CCC(=O)OC(c1ccccc1)c1ccc(Cl)cc1. The molecule has 5 heteroatoms. The van der Waals surface area contributed by atoms with Crippen LogP contribution in [0.5, 0.6) is 0 Å². The highest BCUT2D eigenvalue weighted by Gasteiger charge is 2.19. The van der Waals surface area contributed by atoms with Crippen LogP contribution < -0.4 is 0 Å². The van der Waals surface area contributed by atoms with Crippen molar-refractivity contribution in [1.29, 1.82) is 0 Å². The Morgan fingerprint density at radius 1 is 0.955 bits per heavy atom. The van der Waals surface area contributed by atoms with Crippen LogP contribution in [0.2, 0.25) is 5.02 Å². The quantitative estimate of drug-likeness (QED) is 0.822. The second-order valence-corrected chi connectivity index (χ2v) is 5.16. The Morgan fingerprint density at radius 3 is 2.14 bits per heavy atom. The number of hydrogen-bond acceptors (Lipinski definition) is 3. The minimum Gasteiger partial charge on any atom is -0.481 e. The Bertz CT molecular complexity index is 637. The number of aliphatic carboxylic acids is 1. The van der Waals surface area contributed by atoms with Gasteiger partial charge in [-0.25, -0.2) is 0 Å². The molecule has 2 aromatic rings. The number of esters is 1. The largest absolute Gasteiger partial charge is 0.481 e. The van der Waals surface area contributed by atoms with Gasteiger partial charge in [0.05, 0.1) is 12.8 Å². The second-order valence-electron chi connectivity index (χ2n) is 4.73. The van der Waals surface area contributed by atoms with Gasteiger partial charge in [-0.15, -0.1) is 0 Å². The van der Waals surface area contributed by atoms with Gasteiger partial charge in [-0.05, 0) is 23.3 Å². The molecule has 0 fully saturated rings. The van der Waals surface area contributed by atoms with Crippen LogP contribution in [0.3, 0.4) is 0 Å². The van der Waals surface area contributed by atoms with Crippen LogP contribution in [-0.2, 0) is 14.3 Å². The Labute approximate surface area is 133 Å². The summed E-state index contributed by atoms with van der Waals surface area (Å²) < 4.78 is 5.47. The summed E-state index contributed by atoms with van der Waals surface area (Å²) in [6.45, 7) is 0. The van der Waals surface area contributed by atoms with Crippen LogP contribution in [0.4, 0.5) is 0 Å². The summed E-state index contributed by atoms with van der Waals surface area (Å²) >= 11 is 5.88. The number of carboxylic acids is 1. The van der Waals surface area contributed by atoms with E-state index in [4.69, 9.17) is 21.4 Å². The van der Waals surface area contributed by atoms with Gasteiger partial charge in [-0.3, -0.25) is 9.59 Å². The lowest BCUT2D eigenvalue weighted by Gasteiger charge is -2.19. The first kappa shape index (κ1) is 16.0. The van der Waals surface area contributed by atoms with Crippen LogP contribution in [0, 0.1) is 0 Å². The zero-order valence-electron chi connectivity index (χ0n) is 11.7. The first-order chi connectivity index (χ1) is 10.6. The van der Waals surface area contributed by atoms with Crippen molar-refractivity contribution < 1.29 is 19.4 Å². The first-order valence-electron chi connectivity index (χ1n) is 6.78. The van der Waals surface area contributed by atoms with E-state index >= 15 is 0 Å². The van der Waals surface area contributed by atoms with Crippen molar-refractivity contribution in [3.63, 3.8) is 0 Å². The maximum atomic E-state index is 11.9. The van der Waals surface area contributed by atoms with Gasteiger partial charge in [0.1, 0.15) is 0 Å². The zero-order chi connectivity index (χ0) is 15.9. The Balaban J connectivity index is 2.21. The van der Waals surface area contributed by atoms with Crippen molar-refractivity contribution in [3.8, 4) is 0 Å². The van der Waals surface area contributed by atoms with Crippen molar-refractivity contribution in [2.45, 2.75) is 18.9 Å². The summed E-state index contributed by atoms with van der Waals surface area (Å²) in [5, 5.41) is 9.23. The molecule has 1 N–H and O–H groups in total. The molecule has 2 aromatic carbocycles. The van der Waals surface area contributed by atoms with Gasteiger partial charge in [0, 0.05) is 5.02 Å². The molecule has 1 atom stereocenters. The third-order valence-electron chi connectivity index (χ3n) is 3.07. The smallest absolute Gasteiger partial charge is 0.307 e. The monoisotopic (exact) mass is 318 g/mol. The molecule has 0 bridgehead atoms. The lowest BCUT2D eigenvalue weighted by atomic mass is 10.0. The van der Waals surface area contributed by atoms with Crippen molar-refractivity contribution in [2.24, 2.45) is 0 Å². The molecule has 0 saturated heterocycles. The van der Waals surface area contributed by atoms with E-state index in [0.717, 1.165) is 11.1 Å². The van der Waals surface area contributed by atoms with E-state index in [1.807, 2.05) is 30.3 Å². The van der Waals surface area contributed by atoms with Crippen LogP contribution in [-0.4, -0.2) is 17.0 Å². The number of halogens is 1. The van der Waals surface area contributed by atoms with E-state index in [9.17, 15) is 9.59 Å². The third-order valence-corrected chi connectivity index (χ3v) is 3.32. The van der Waals surface area contributed by atoms with Gasteiger partial charge in [0.15, 0.2) is 6.10 Å². The Morgan fingerprint density at radius 2 is 1.55 bits per heavy atom. The molecular formula is C17H15ClO4. The van der Waals surface area contributed by atoms with E-state index in [1.165, 1.54) is 0 Å². The van der Waals surface area contributed by atoms with E-state index in [1.54, 1.807) is 24.3 Å². The Hall–Kier alpha value is -2.33. The highest BCUT2D eigenvalue weighted by molar-refractivity contribution is 6.30. The van der Waals surface area contributed by atoms with Crippen molar-refractivity contribution in [2.75, 3.05) is 0 Å². The summed E-state index contributed by atoms with van der Waals surface area (Å²) in [5.41, 5.74) is 1.59. The molecule has 0 saturated carbocycles. The average molecular weight is 319 g/mol. The third kappa shape index (κ3) is 4.60. The van der Waals surface area contributed by atoms with Gasteiger partial charge in [-0.2, -0.15) is 0 Å². The molecule has 0 radical (unpaired) electrons. The standard InChI is InChI=1S/C17H15ClO4/c18-14-8-6-13(7-9-14)17(12-4-2-1-3-5-12)22-16(21)11-10-15(19)20/h1-9,17H,10-11H2,(H,19,20). The van der Waals surface area contributed by atoms with Crippen molar-refractivity contribution in [1.82, 2.24) is 0 Å². The highest BCUT2D eigenvalue weighted by atomic mass is 35.5. The van der Waals surface area contributed by atoms with Gasteiger partial charge in [-0.1, -0.05) is 54.1 Å². The lowest BCUT2D eigenvalue weighted by Crippen LogP contribution is -2.13. The van der Waals surface area contributed by atoms with E-state index < -0.39 is 18.0 Å². The predicted octanol–water partition coefficient (Wildman–Crippen LogP) is 3.84. The minimum atomic E-state index is -1.03. The molecule has 0 aliphatic rings. The predicted molar refractivity (Wildman–Crippen MR) is 82.7 cm³/mol. The summed E-state index contributed by atoms with van der Waals surface area (Å²) in [7, 11) is 0.